The van der Waals surface area contributed by atoms with Gasteiger partial charge in [-0.3, -0.25) is 0 Å². The van der Waals surface area contributed by atoms with Crippen molar-refractivity contribution >= 4 is 11.9 Å². The molecule has 0 aromatic heterocycles. The Labute approximate surface area is 248 Å². The van der Waals surface area contributed by atoms with Crippen LogP contribution in [0, 0.1) is 52.3 Å². The van der Waals surface area contributed by atoms with Gasteiger partial charge in [-0.2, -0.15) is 0 Å². The standard InChI is InChI=1S/C37H54O4/c1-7-25(23(2)3)13-12-24(4)31-16-17-32-30-15-14-26-22-27(18-20-36(26,5)33(30)19-21-37(31,32)6)41-35(40)29-11-9-8-10-28(29)34(38)39/h8-11,14,23-25,27,30-33H,7,12-13,15-22H2,1-6H3,(H,38,39)/t24-,25-,27+,30+,31-,32+,33+,36+,37-/m1/s1. The Balaban J connectivity index is 1.25. The molecule has 0 saturated heterocycles. The fourth-order valence-electron chi connectivity index (χ4n) is 10.5. The van der Waals surface area contributed by atoms with Crippen LogP contribution in [0.4, 0.5) is 0 Å². The van der Waals surface area contributed by atoms with E-state index >= 15 is 0 Å². The van der Waals surface area contributed by atoms with Crippen LogP contribution >= 0.6 is 0 Å². The molecule has 0 bridgehead atoms. The largest absolute Gasteiger partial charge is 0.478 e. The van der Waals surface area contributed by atoms with Gasteiger partial charge >= 0.3 is 11.9 Å². The highest BCUT2D eigenvalue weighted by molar-refractivity contribution is 6.02. The number of hydrogen-bond acceptors (Lipinski definition) is 3. The number of carboxylic acid groups (broad SMARTS) is 1. The van der Waals surface area contributed by atoms with Crippen molar-refractivity contribution in [2.75, 3.05) is 0 Å². The molecule has 0 heterocycles. The summed E-state index contributed by atoms with van der Waals surface area (Å²) in [6.45, 7) is 14.9. The molecule has 1 aromatic carbocycles. The minimum absolute atomic E-state index is 0.0115. The van der Waals surface area contributed by atoms with Crippen LogP contribution in [0.25, 0.3) is 0 Å². The zero-order chi connectivity index (χ0) is 29.5. The quantitative estimate of drug-likeness (QED) is 0.240. The van der Waals surface area contributed by atoms with Crippen molar-refractivity contribution in [1.82, 2.24) is 0 Å². The normalized spacial score (nSPS) is 36.0. The average Bonchev–Trinajstić information content (AvgIpc) is 3.30. The van der Waals surface area contributed by atoms with Gasteiger partial charge in [-0.15, -0.1) is 0 Å². The topological polar surface area (TPSA) is 63.6 Å². The molecular weight excluding hydrogens is 508 g/mol. The number of benzene rings is 1. The lowest BCUT2D eigenvalue weighted by Gasteiger charge is -2.58. The third-order valence-corrected chi connectivity index (χ3v) is 12.9. The highest BCUT2D eigenvalue weighted by Crippen LogP contribution is 2.67. The number of carboxylic acids is 1. The van der Waals surface area contributed by atoms with Crippen molar-refractivity contribution in [1.29, 1.82) is 0 Å². The van der Waals surface area contributed by atoms with Crippen LogP contribution < -0.4 is 0 Å². The summed E-state index contributed by atoms with van der Waals surface area (Å²) in [6, 6.07) is 6.37. The van der Waals surface area contributed by atoms with E-state index in [9.17, 15) is 14.7 Å². The van der Waals surface area contributed by atoms with Gasteiger partial charge in [0.25, 0.3) is 0 Å². The lowest BCUT2D eigenvalue weighted by atomic mass is 9.47. The summed E-state index contributed by atoms with van der Waals surface area (Å²) in [5.74, 6) is 4.06. The van der Waals surface area contributed by atoms with Gasteiger partial charge in [0, 0.05) is 6.42 Å². The zero-order valence-electron chi connectivity index (χ0n) is 26.5. The van der Waals surface area contributed by atoms with Crippen molar-refractivity contribution in [3.63, 3.8) is 0 Å². The highest BCUT2D eigenvalue weighted by atomic mass is 16.5. The Morgan fingerprint density at radius 2 is 1.71 bits per heavy atom. The molecule has 4 nitrogen and oxygen atoms in total. The van der Waals surface area contributed by atoms with Gasteiger partial charge in [-0.25, -0.2) is 9.59 Å². The molecular formula is C37H54O4. The van der Waals surface area contributed by atoms with Gasteiger partial charge in [0.1, 0.15) is 6.10 Å². The van der Waals surface area contributed by atoms with Crippen molar-refractivity contribution in [2.24, 2.45) is 52.3 Å². The molecule has 4 aliphatic carbocycles. The molecule has 0 amide bonds. The number of carbonyl (C=O) groups excluding carboxylic acids is 1. The molecule has 1 N–H and O–H groups in total. The van der Waals surface area contributed by atoms with Crippen molar-refractivity contribution in [3.05, 3.63) is 47.0 Å². The lowest BCUT2D eigenvalue weighted by molar-refractivity contribution is -0.0596. The van der Waals surface area contributed by atoms with Gasteiger partial charge in [-0.05, 0) is 116 Å². The number of aromatic carboxylic acids is 1. The fraction of sp³-hybridized carbons (Fsp3) is 0.730. The van der Waals surface area contributed by atoms with E-state index in [1.54, 1.807) is 18.2 Å². The second kappa shape index (κ2) is 11.9. The van der Waals surface area contributed by atoms with E-state index in [2.05, 4.69) is 47.6 Å². The van der Waals surface area contributed by atoms with Gasteiger partial charge < -0.3 is 9.84 Å². The molecule has 0 aliphatic heterocycles. The molecule has 4 aliphatic rings. The average molecular weight is 563 g/mol. The molecule has 1 aromatic rings. The second-order valence-corrected chi connectivity index (χ2v) is 15.1. The summed E-state index contributed by atoms with van der Waals surface area (Å²) in [4.78, 5) is 24.6. The van der Waals surface area contributed by atoms with Crippen LogP contribution in [0.2, 0.25) is 0 Å². The minimum atomic E-state index is -1.09. The van der Waals surface area contributed by atoms with Crippen molar-refractivity contribution in [3.8, 4) is 0 Å². The van der Waals surface area contributed by atoms with Crippen molar-refractivity contribution < 1.29 is 19.4 Å². The Bertz CT molecular complexity index is 1150. The van der Waals surface area contributed by atoms with Crippen molar-refractivity contribution in [2.45, 2.75) is 118 Å². The van der Waals surface area contributed by atoms with Gasteiger partial charge in [0.2, 0.25) is 0 Å². The predicted octanol–water partition coefficient (Wildman–Crippen LogP) is 9.59. The summed E-state index contributed by atoms with van der Waals surface area (Å²) >= 11 is 0. The summed E-state index contributed by atoms with van der Waals surface area (Å²) in [5, 5.41) is 9.51. The fourth-order valence-corrected chi connectivity index (χ4v) is 10.5. The summed E-state index contributed by atoms with van der Waals surface area (Å²) in [7, 11) is 0. The maximum absolute atomic E-state index is 13.0. The van der Waals surface area contributed by atoms with Gasteiger partial charge in [-0.1, -0.05) is 78.2 Å². The maximum atomic E-state index is 13.0. The number of ether oxygens (including phenoxy) is 1. The summed E-state index contributed by atoms with van der Waals surface area (Å²) in [5.41, 5.74) is 2.32. The first-order chi connectivity index (χ1) is 19.5. The number of fused-ring (bicyclic) bond motifs is 5. The first kappa shape index (κ1) is 30.4. The number of carbonyl (C=O) groups is 2. The van der Waals surface area contributed by atoms with E-state index in [0.29, 0.717) is 5.41 Å². The number of esters is 1. The van der Waals surface area contributed by atoms with Crippen LogP contribution in [0.3, 0.4) is 0 Å². The zero-order valence-corrected chi connectivity index (χ0v) is 26.5. The molecule has 226 valence electrons. The van der Waals surface area contributed by atoms with E-state index in [0.717, 1.165) is 60.7 Å². The van der Waals surface area contributed by atoms with Crippen LogP contribution in [-0.2, 0) is 4.74 Å². The lowest BCUT2D eigenvalue weighted by Crippen LogP contribution is -2.51. The van der Waals surface area contributed by atoms with E-state index in [1.807, 2.05) is 0 Å². The van der Waals surface area contributed by atoms with E-state index in [1.165, 1.54) is 63.0 Å². The molecule has 3 fully saturated rings. The third-order valence-electron chi connectivity index (χ3n) is 12.9. The van der Waals surface area contributed by atoms with Crippen LogP contribution in [0.5, 0.6) is 0 Å². The first-order valence-electron chi connectivity index (χ1n) is 16.7. The van der Waals surface area contributed by atoms with Gasteiger partial charge in [0.15, 0.2) is 0 Å². The summed E-state index contributed by atoms with van der Waals surface area (Å²) < 4.78 is 5.94. The van der Waals surface area contributed by atoms with Gasteiger partial charge in [0.05, 0.1) is 11.1 Å². The van der Waals surface area contributed by atoms with Crippen LogP contribution in [-0.4, -0.2) is 23.1 Å². The van der Waals surface area contributed by atoms with Crippen LogP contribution in [0.1, 0.15) is 133 Å². The monoisotopic (exact) mass is 562 g/mol. The molecule has 41 heavy (non-hydrogen) atoms. The molecule has 0 radical (unpaired) electrons. The molecule has 0 spiro atoms. The van der Waals surface area contributed by atoms with Crippen LogP contribution in [0.15, 0.2) is 35.9 Å². The molecule has 5 rings (SSSR count). The second-order valence-electron chi connectivity index (χ2n) is 15.1. The Hall–Kier alpha value is -2.10. The smallest absolute Gasteiger partial charge is 0.339 e. The minimum Gasteiger partial charge on any atom is -0.478 e. The Morgan fingerprint density at radius 3 is 2.39 bits per heavy atom. The summed E-state index contributed by atoms with van der Waals surface area (Å²) in [6.07, 6.45) is 15.8. The SMILES string of the molecule is CC[C@H](CC[C@@H](C)[C@H]1CC[C@H]2[C@@H]3CC=C4C[C@@H](OC(=O)c5ccccc5C(=O)O)CC[C@]4(C)[C@H]3CC[C@]12C)C(C)C. The molecule has 3 saturated carbocycles. The van der Waals surface area contributed by atoms with E-state index < -0.39 is 11.9 Å². The number of hydrogen-bond donors (Lipinski definition) is 1. The molecule has 4 heteroatoms. The first-order valence-corrected chi connectivity index (χ1v) is 16.7. The number of rotatable bonds is 9. The molecule has 0 unspecified atom stereocenters. The Morgan fingerprint density at radius 1 is 0.976 bits per heavy atom. The predicted molar refractivity (Wildman–Crippen MR) is 165 cm³/mol. The van der Waals surface area contributed by atoms with E-state index in [4.69, 9.17) is 4.74 Å². The number of allylic oxidation sites excluding steroid dienone is 1. The molecule has 9 atom stereocenters. The third kappa shape index (κ3) is 5.54. The maximum Gasteiger partial charge on any atom is 0.339 e. The Kier molecular flexibility index (Phi) is 8.80. The highest BCUT2D eigenvalue weighted by Gasteiger charge is 2.59. The van der Waals surface area contributed by atoms with E-state index in [-0.39, 0.29) is 22.6 Å².